The van der Waals surface area contributed by atoms with Crippen LogP contribution < -0.4 is 10.4 Å². The second-order valence-corrected chi connectivity index (χ2v) is 7.68. The predicted octanol–water partition coefficient (Wildman–Crippen LogP) is 2.43. The maximum atomic E-state index is 12.3. The van der Waals surface area contributed by atoms with Crippen LogP contribution in [0.3, 0.4) is 0 Å². The van der Waals surface area contributed by atoms with E-state index in [0.717, 1.165) is 0 Å². The Labute approximate surface area is 154 Å². The normalized spacial score (nSPS) is 11.3. The van der Waals surface area contributed by atoms with Crippen LogP contribution in [0, 0.1) is 0 Å². The molecule has 0 fully saturated rings. The molecule has 0 aliphatic carbocycles. The first-order valence-electron chi connectivity index (χ1n) is 7.71. The van der Waals surface area contributed by atoms with Crippen LogP contribution in [-0.4, -0.2) is 25.2 Å². The molecule has 0 atom stereocenters. The number of hydrogen-bond acceptors (Lipinski definition) is 7. The number of phenols is 1. The summed E-state index contributed by atoms with van der Waals surface area (Å²) in [5, 5.41) is 9.81. The van der Waals surface area contributed by atoms with Gasteiger partial charge >= 0.3 is 11.6 Å². The van der Waals surface area contributed by atoms with Crippen molar-refractivity contribution in [3.63, 3.8) is 0 Å². The molecule has 1 aromatic heterocycles. The average molecular weight is 386 g/mol. The number of sulfone groups is 1. The van der Waals surface area contributed by atoms with Crippen molar-refractivity contribution in [2.24, 2.45) is 0 Å². The van der Waals surface area contributed by atoms with Gasteiger partial charge in [0.2, 0.25) is 5.75 Å². The van der Waals surface area contributed by atoms with E-state index in [0.29, 0.717) is 5.39 Å². The number of carbonyl (C=O) groups excluding carboxylic acids is 1. The molecule has 3 aromatic rings. The molecular formula is C19H14O7S. The number of ether oxygens (including phenoxy) is 1. The lowest BCUT2D eigenvalue weighted by Gasteiger charge is -2.08. The van der Waals surface area contributed by atoms with Crippen LogP contribution in [0.15, 0.2) is 80.9 Å². The molecule has 0 spiro atoms. The second-order valence-electron chi connectivity index (χ2n) is 5.69. The highest BCUT2D eigenvalue weighted by Crippen LogP contribution is 2.22. The summed E-state index contributed by atoms with van der Waals surface area (Å²) in [4.78, 5) is 24.1. The number of benzene rings is 2. The lowest BCUT2D eigenvalue weighted by Crippen LogP contribution is -2.20. The van der Waals surface area contributed by atoms with Gasteiger partial charge in [-0.05, 0) is 30.3 Å². The van der Waals surface area contributed by atoms with Crippen molar-refractivity contribution in [1.29, 1.82) is 0 Å². The first-order valence-corrected chi connectivity index (χ1v) is 9.36. The van der Waals surface area contributed by atoms with Gasteiger partial charge in [0.25, 0.3) is 0 Å². The summed E-state index contributed by atoms with van der Waals surface area (Å²) >= 11 is 0. The fourth-order valence-electron chi connectivity index (χ4n) is 2.32. The first-order chi connectivity index (χ1) is 12.8. The lowest BCUT2D eigenvalue weighted by atomic mass is 10.2. The van der Waals surface area contributed by atoms with Gasteiger partial charge in [-0.2, -0.15) is 0 Å². The number of rotatable bonds is 5. The molecule has 0 bridgehead atoms. The zero-order valence-electron chi connectivity index (χ0n) is 13.9. The Morgan fingerprint density at radius 3 is 2.52 bits per heavy atom. The Bertz CT molecular complexity index is 1190. The summed E-state index contributed by atoms with van der Waals surface area (Å²) < 4.78 is 34.5. The topological polar surface area (TPSA) is 111 Å². The smallest absolute Gasteiger partial charge is 0.379 e. The summed E-state index contributed by atoms with van der Waals surface area (Å²) in [6.07, 6.45) is 0. The number of hydrogen-bond donors (Lipinski definition) is 1. The average Bonchev–Trinajstić information content (AvgIpc) is 2.63. The SMILES string of the molecule is C=C(CS(=O)(=O)c1ccccc1)C(=O)Oc1cc2ccc(O)cc2oc1=O. The van der Waals surface area contributed by atoms with Crippen LogP contribution in [0.5, 0.6) is 11.5 Å². The molecule has 3 rings (SSSR count). The number of carbonyl (C=O) groups is 1. The monoisotopic (exact) mass is 386 g/mol. The maximum absolute atomic E-state index is 12.3. The summed E-state index contributed by atoms with van der Waals surface area (Å²) in [6.45, 7) is 3.45. The van der Waals surface area contributed by atoms with Crippen LogP contribution in [-0.2, 0) is 14.6 Å². The Balaban J connectivity index is 1.80. The molecule has 1 heterocycles. The molecule has 27 heavy (non-hydrogen) atoms. The molecule has 0 aliphatic heterocycles. The Morgan fingerprint density at radius 1 is 1.11 bits per heavy atom. The van der Waals surface area contributed by atoms with E-state index in [-0.39, 0.29) is 21.8 Å². The fourth-order valence-corrected chi connectivity index (χ4v) is 3.64. The zero-order chi connectivity index (χ0) is 19.6. The van der Waals surface area contributed by atoms with E-state index in [1.54, 1.807) is 18.2 Å². The molecule has 0 saturated carbocycles. The largest absolute Gasteiger partial charge is 0.508 e. The van der Waals surface area contributed by atoms with Gasteiger partial charge in [-0.3, -0.25) is 0 Å². The minimum Gasteiger partial charge on any atom is -0.508 e. The van der Waals surface area contributed by atoms with E-state index in [2.05, 4.69) is 6.58 Å². The van der Waals surface area contributed by atoms with E-state index < -0.39 is 32.9 Å². The van der Waals surface area contributed by atoms with Crippen molar-refractivity contribution in [2.75, 3.05) is 5.75 Å². The van der Waals surface area contributed by atoms with Crippen LogP contribution >= 0.6 is 0 Å². The van der Waals surface area contributed by atoms with Gasteiger partial charge in [-0.1, -0.05) is 24.8 Å². The van der Waals surface area contributed by atoms with Gasteiger partial charge in [0, 0.05) is 17.0 Å². The van der Waals surface area contributed by atoms with Crippen molar-refractivity contribution in [2.45, 2.75) is 4.90 Å². The highest BCUT2D eigenvalue weighted by atomic mass is 32.2. The highest BCUT2D eigenvalue weighted by Gasteiger charge is 2.22. The Morgan fingerprint density at radius 2 is 1.81 bits per heavy atom. The summed E-state index contributed by atoms with van der Waals surface area (Å²) in [7, 11) is -3.78. The Kier molecular flexibility index (Phi) is 4.83. The molecule has 0 aliphatic rings. The van der Waals surface area contributed by atoms with E-state index >= 15 is 0 Å². The van der Waals surface area contributed by atoms with Crippen LogP contribution in [0.4, 0.5) is 0 Å². The van der Waals surface area contributed by atoms with Gasteiger partial charge in [0.1, 0.15) is 11.3 Å². The summed E-state index contributed by atoms with van der Waals surface area (Å²) in [5.74, 6) is -2.20. The molecule has 0 unspecified atom stereocenters. The van der Waals surface area contributed by atoms with Gasteiger partial charge in [0.05, 0.1) is 10.6 Å². The first kappa shape index (κ1) is 18.4. The van der Waals surface area contributed by atoms with Gasteiger partial charge in [0.15, 0.2) is 9.84 Å². The van der Waals surface area contributed by atoms with Crippen LogP contribution in [0.1, 0.15) is 0 Å². The Hall–Kier alpha value is -3.39. The maximum Gasteiger partial charge on any atom is 0.379 e. The van der Waals surface area contributed by atoms with E-state index in [9.17, 15) is 23.1 Å². The predicted molar refractivity (Wildman–Crippen MR) is 97.4 cm³/mol. The van der Waals surface area contributed by atoms with E-state index in [1.165, 1.54) is 36.4 Å². The van der Waals surface area contributed by atoms with Crippen LogP contribution in [0.2, 0.25) is 0 Å². The quantitative estimate of drug-likeness (QED) is 0.407. The lowest BCUT2D eigenvalue weighted by molar-refractivity contribution is -0.130. The van der Waals surface area contributed by atoms with E-state index in [1.807, 2.05) is 0 Å². The molecule has 0 amide bonds. The molecule has 7 nitrogen and oxygen atoms in total. The number of aromatic hydroxyl groups is 1. The molecule has 0 radical (unpaired) electrons. The summed E-state index contributed by atoms with van der Waals surface area (Å²) in [6, 6.07) is 13.0. The molecule has 1 N–H and O–H groups in total. The molecule has 2 aromatic carbocycles. The van der Waals surface area contributed by atoms with Crippen molar-refractivity contribution >= 4 is 26.8 Å². The highest BCUT2D eigenvalue weighted by molar-refractivity contribution is 7.91. The minimum absolute atomic E-state index is 0.0453. The van der Waals surface area contributed by atoms with Crippen molar-refractivity contribution in [3.8, 4) is 11.5 Å². The molecular weight excluding hydrogens is 372 g/mol. The molecule has 8 heteroatoms. The van der Waals surface area contributed by atoms with Gasteiger partial charge < -0.3 is 14.3 Å². The minimum atomic E-state index is -3.78. The van der Waals surface area contributed by atoms with Gasteiger partial charge in [-0.15, -0.1) is 0 Å². The molecule has 138 valence electrons. The van der Waals surface area contributed by atoms with Crippen molar-refractivity contribution < 1.29 is 27.5 Å². The zero-order valence-corrected chi connectivity index (χ0v) is 14.7. The number of fused-ring (bicyclic) bond motifs is 1. The number of esters is 1. The number of phenolic OH excluding ortho intramolecular Hbond substituents is 1. The third-order valence-corrected chi connectivity index (χ3v) is 5.36. The standard InChI is InChI=1S/C19H14O7S/c1-12(11-27(23,24)15-5-3-2-4-6-15)18(21)26-17-9-13-7-8-14(20)10-16(13)25-19(17)22/h2-10,20H,1,11H2. The molecule has 0 saturated heterocycles. The van der Waals surface area contributed by atoms with Crippen molar-refractivity contribution in [1.82, 2.24) is 0 Å². The fraction of sp³-hybridized carbons (Fsp3) is 0.0526. The van der Waals surface area contributed by atoms with E-state index in [4.69, 9.17) is 9.15 Å². The van der Waals surface area contributed by atoms with Crippen molar-refractivity contribution in [3.05, 3.63) is 77.2 Å². The van der Waals surface area contributed by atoms with Gasteiger partial charge in [-0.25, -0.2) is 18.0 Å². The van der Waals surface area contributed by atoms with Crippen LogP contribution in [0.25, 0.3) is 11.0 Å². The third-order valence-electron chi connectivity index (χ3n) is 3.65. The third kappa shape index (κ3) is 4.06. The summed E-state index contributed by atoms with van der Waals surface area (Å²) in [5.41, 5.74) is -1.16. The second kappa shape index (κ2) is 7.08.